The number of pyridine rings is 2. The van der Waals surface area contributed by atoms with Gasteiger partial charge >= 0.3 is 0 Å². The Kier molecular flexibility index (Phi) is 4.31. The molecule has 0 spiro atoms. The minimum Gasteiger partial charge on any atom is -0.370 e. The molecule has 0 unspecified atom stereocenters. The molecule has 1 aliphatic heterocycles. The summed E-state index contributed by atoms with van der Waals surface area (Å²) in [6.45, 7) is 1.95. The number of nitriles is 1. The van der Waals surface area contributed by atoms with Crippen LogP contribution in [0.25, 0.3) is 0 Å². The predicted octanol–water partition coefficient (Wildman–Crippen LogP) is 2.45. The molecule has 2 atom stereocenters. The first-order chi connectivity index (χ1) is 10.8. The third-order valence-corrected chi connectivity index (χ3v) is 4.24. The lowest BCUT2D eigenvalue weighted by molar-refractivity contribution is 0.281. The highest BCUT2D eigenvalue weighted by atomic mass is 15.2. The Morgan fingerprint density at radius 2 is 2.27 bits per heavy atom. The summed E-state index contributed by atoms with van der Waals surface area (Å²) in [7, 11) is 2.16. The van der Waals surface area contributed by atoms with Gasteiger partial charge in [0.1, 0.15) is 11.9 Å². The first kappa shape index (κ1) is 14.5. The van der Waals surface area contributed by atoms with Gasteiger partial charge in [0.15, 0.2) is 0 Å². The van der Waals surface area contributed by atoms with Gasteiger partial charge in [0.05, 0.1) is 5.56 Å². The van der Waals surface area contributed by atoms with E-state index in [1.54, 1.807) is 12.3 Å². The van der Waals surface area contributed by atoms with E-state index in [1.165, 1.54) is 5.56 Å². The second kappa shape index (κ2) is 6.54. The molecule has 22 heavy (non-hydrogen) atoms. The molecule has 1 fully saturated rings. The van der Waals surface area contributed by atoms with Gasteiger partial charge in [-0.05, 0) is 49.7 Å². The Balaban J connectivity index is 1.67. The van der Waals surface area contributed by atoms with E-state index < -0.39 is 0 Å². The van der Waals surface area contributed by atoms with Crippen molar-refractivity contribution in [1.29, 1.82) is 5.26 Å². The lowest BCUT2D eigenvalue weighted by Gasteiger charge is -2.25. The van der Waals surface area contributed by atoms with Crippen molar-refractivity contribution in [1.82, 2.24) is 14.9 Å². The Hall–Kier alpha value is -2.45. The second-order valence-corrected chi connectivity index (χ2v) is 5.69. The number of nitrogens with zero attached hydrogens (tertiary/aromatic N) is 4. The Bertz CT molecular complexity index is 647. The Morgan fingerprint density at radius 3 is 2.95 bits per heavy atom. The monoisotopic (exact) mass is 293 g/mol. The molecule has 1 N–H and O–H groups in total. The number of hydrogen-bond donors (Lipinski definition) is 1. The summed E-state index contributed by atoms with van der Waals surface area (Å²) in [5, 5.41) is 12.2. The molecule has 2 aromatic heterocycles. The fourth-order valence-electron chi connectivity index (χ4n) is 3.12. The molecule has 5 heteroatoms. The molecule has 1 saturated heterocycles. The van der Waals surface area contributed by atoms with Crippen LogP contribution in [0, 0.1) is 17.2 Å². The van der Waals surface area contributed by atoms with Gasteiger partial charge in [0.2, 0.25) is 0 Å². The number of hydrogen-bond acceptors (Lipinski definition) is 5. The van der Waals surface area contributed by atoms with Gasteiger partial charge in [-0.25, -0.2) is 4.98 Å². The van der Waals surface area contributed by atoms with E-state index in [0.29, 0.717) is 17.5 Å². The number of likely N-dealkylation sites (tertiary alicyclic amines) is 1. The molecule has 112 valence electrons. The molecule has 2 aromatic rings. The van der Waals surface area contributed by atoms with Crippen LogP contribution in [0.15, 0.2) is 42.9 Å². The fraction of sp³-hybridized carbons (Fsp3) is 0.353. The number of anilines is 1. The molecule has 0 saturated carbocycles. The van der Waals surface area contributed by atoms with Gasteiger partial charge in [-0.3, -0.25) is 9.88 Å². The summed E-state index contributed by atoms with van der Waals surface area (Å²) in [5.74, 6) is 1.34. The van der Waals surface area contributed by atoms with E-state index in [-0.39, 0.29) is 0 Å². The van der Waals surface area contributed by atoms with Gasteiger partial charge in [-0.15, -0.1) is 0 Å². The fourth-order valence-corrected chi connectivity index (χ4v) is 3.12. The quantitative estimate of drug-likeness (QED) is 0.938. The highest BCUT2D eigenvalue weighted by Crippen LogP contribution is 2.35. The van der Waals surface area contributed by atoms with Crippen molar-refractivity contribution in [3.63, 3.8) is 0 Å². The summed E-state index contributed by atoms with van der Waals surface area (Å²) >= 11 is 0. The second-order valence-electron chi connectivity index (χ2n) is 5.69. The van der Waals surface area contributed by atoms with Gasteiger partial charge in [-0.2, -0.15) is 5.26 Å². The van der Waals surface area contributed by atoms with Crippen molar-refractivity contribution >= 4 is 5.82 Å². The zero-order valence-electron chi connectivity index (χ0n) is 12.6. The molecule has 0 bridgehead atoms. The normalized spacial score (nSPS) is 21.5. The molecule has 0 aliphatic carbocycles. The Labute approximate surface area is 130 Å². The standard InChI is InChI=1S/C17H19N5/c1-22-8-6-15(17(22)14-3-2-7-19-11-14)12-21-16-5-4-13(9-18)10-20-16/h2-5,7,10-11,15,17H,6,8,12H2,1H3,(H,20,21)/t15-,17-/m0/s1. The zero-order valence-corrected chi connectivity index (χ0v) is 12.6. The maximum absolute atomic E-state index is 8.80. The van der Waals surface area contributed by atoms with Crippen molar-refractivity contribution in [3.05, 3.63) is 54.0 Å². The van der Waals surface area contributed by atoms with Gasteiger partial charge in [0, 0.05) is 31.2 Å². The van der Waals surface area contributed by atoms with Crippen LogP contribution in [0.5, 0.6) is 0 Å². The maximum Gasteiger partial charge on any atom is 0.125 e. The van der Waals surface area contributed by atoms with Crippen molar-refractivity contribution < 1.29 is 0 Å². The molecular weight excluding hydrogens is 274 g/mol. The van der Waals surface area contributed by atoms with E-state index >= 15 is 0 Å². The minimum absolute atomic E-state index is 0.389. The van der Waals surface area contributed by atoms with Crippen LogP contribution >= 0.6 is 0 Å². The topological polar surface area (TPSA) is 64.8 Å². The predicted molar refractivity (Wildman–Crippen MR) is 85.2 cm³/mol. The van der Waals surface area contributed by atoms with Crippen LogP contribution in [-0.2, 0) is 0 Å². The van der Waals surface area contributed by atoms with Crippen LogP contribution in [-0.4, -0.2) is 35.0 Å². The molecule has 0 amide bonds. The highest BCUT2D eigenvalue weighted by molar-refractivity contribution is 5.39. The number of rotatable bonds is 4. The molecule has 5 nitrogen and oxygen atoms in total. The van der Waals surface area contributed by atoms with Crippen molar-refractivity contribution in [2.45, 2.75) is 12.5 Å². The first-order valence-electron chi connectivity index (χ1n) is 7.48. The molecular formula is C17H19N5. The lowest BCUT2D eigenvalue weighted by Crippen LogP contribution is -2.25. The minimum atomic E-state index is 0.389. The van der Waals surface area contributed by atoms with Crippen LogP contribution in [0.4, 0.5) is 5.82 Å². The summed E-state index contributed by atoms with van der Waals surface area (Å²) < 4.78 is 0. The van der Waals surface area contributed by atoms with Gasteiger partial charge < -0.3 is 5.32 Å². The highest BCUT2D eigenvalue weighted by Gasteiger charge is 2.32. The number of aromatic nitrogens is 2. The van der Waals surface area contributed by atoms with Gasteiger partial charge in [-0.1, -0.05) is 6.07 Å². The van der Waals surface area contributed by atoms with E-state index in [1.807, 2.05) is 24.5 Å². The maximum atomic E-state index is 8.80. The van der Waals surface area contributed by atoms with Crippen LogP contribution in [0.2, 0.25) is 0 Å². The zero-order chi connectivity index (χ0) is 15.4. The molecule has 0 aromatic carbocycles. The SMILES string of the molecule is CN1CC[C@@H](CNc2ccc(C#N)cn2)[C@@H]1c1cccnc1. The van der Waals surface area contributed by atoms with Crippen molar-refractivity contribution in [2.24, 2.45) is 5.92 Å². The van der Waals surface area contributed by atoms with E-state index in [9.17, 15) is 0 Å². The van der Waals surface area contributed by atoms with Crippen LogP contribution < -0.4 is 5.32 Å². The Morgan fingerprint density at radius 1 is 1.36 bits per heavy atom. The van der Waals surface area contributed by atoms with Crippen LogP contribution in [0.1, 0.15) is 23.6 Å². The third-order valence-electron chi connectivity index (χ3n) is 4.24. The molecule has 3 rings (SSSR count). The summed E-state index contributed by atoms with van der Waals surface area (Å²) in [6.07, 6.45) is 6.52. The van der Waals surface area contributed by atoms with Crippen LogP contribution in [0.3, 0.4) is 0 Å². The third kappa shape index (κ3) is 3.07. The largest absolute Gasteiger partial charge is 0.370 e. The summed E-state index contributed by atoms with van der Waals surface area (Å²) in [6, 6.07) is 10.3. The van der Waals surface area contributed by atoms with E-state index in [2.05, 4.69) is 39.4 Å². The average molecular weight is 293 g/mol. The van der Waals surface area contributed by atoms with Crippen molar-refractivity contribution in [3.8, 4) is 6.07 Å². The average Bonchev–Trinajstić information content (AvgIpc) is 2.95. The molecule has 1 aliphatic rings. The van der Waals surface area contributed by atoms with E-state index in [4.69, 9.17) is 5.26 Å². The summed E-state index contributed by atoms with van der Waals surface area (Å²) in [4.78, 5) is 10.9. The molecule has 3 heterocycles. The van der Waals surface area contributed by atoms with E-state index in [0.717, 1.165) is 25.3 Å². The van der Waals surface area contributed by atoms with Crippen molar-refractivity contribution in [2.75, 3.05) is 25.5 Å². The smallest absolute Gasteiger partial charge is 0.125 e. The van der Waals surface area contributed by atoms with Gasteiger partial charge in [0.25, 0.3) is 0 Å². The number of nitrogens with one attached hydrogen (secondary N) is 1. The first-order valence-corrected chi connectivity index (χ1v) is 7.48. The lowest BCUT2D eigenvalue weighted by atomic mass is 9.95. The summed E-state index contributed by atoms with van der Waals surface area (Å²) in [5.41, 5.74) is 1.85. The molecule has 0 radical (unpaired) electrons.